The Morgan fingerprint density at radius 1 is 1.00 bits per heavy atom. The topological polar surface area (TPSA) is 59.8 Å². The van der Waals surface area contributed by atoms with Crippen LogP contribution in [0.4, 0.5) is 10.1 Å². The van der Waals surface area contributed by atoms with E-state index in [1.807, 2.05) is 32.0 Å². The van der Waals surface area contributed by atoms with Gasteiger partial charge in [-0.2, -0.15) is 0 Å². The zero-order chi connectivity index (χ0) is 21.3. The molecule has 3 aromatic carbocycles. The van der Waals surface area contributed by atoms with Crippen molar-refractivity contribution < 1.29 is 9.18 Å². The third-order valence-electron chi connectivity index (χ3n) is 4.61. The minimum Gasteiger partial charge on any atom is -0.319 e. The zero-order valence-electron chi connectivity index (χ0n) is 16.4. The fraction of sp³-hybridized carbons (Fsp3) is 0.0870. The zero-order valence-corrected chi connectivity index (χ0v) is 17.1. The van der Waals surface area contributed by atoms with Crippen molar-refractivity contribution in [2.75, 3.05) is 5.32 Å². The molecule has 0 spiro atoms. The van der Waals surface area contributed by atoms with Crippen molar-refractivity contribution in [2.24, 2.45) is 0 Å². The molecule has 0 saturated heterocycles. The molecular weight excluding hydrogens is 403 g/mol. The van der Waals surface area contributed by atoms with E-state index in [-0.39, 0.29) is 11.6 Å². The molecule has 1 amide bonds. The minimum absolute atomic E-state index is 0.00480. The van der Waals surface area contributed by atoms with Gasteiger partial charge in [0, 0.05) is 16.3 Å². The van der Waals surface area contributed by atoms with Gasteiger partial charge in [-0.25, -0.2) is 14.1 Å². The number of amides is 1. The number of nitrogens with zero attached hydrogens (tertiary/aromatic N) is 3. The van der Waals surface area contributed by atoms with E-state index in [9.17, 15) is 9.18 Å². The van der Waals surface area contributed by atoms with Crippen molar-refractivity contribution in [3.63, 3.8) is 0 Å². The summed E-state index contributed by atoms with van der Waals surface area (Å²) in [6.07, 6.45) is 0. The number of anilines is 1. The maximum atomic E-state index is 13.4. The highest BCUT2D eigenvalue weighted by Gasteiger charge is 2.20. The second-order valence-corrected chi connectivity index (χ2v) is 7.37. The van der Waals surface area contributed by atoms with Crippen molar-refractivity contribution in [3.8, 4) is 17.1 Å². The number of rotatable bonds is 4. The first-order chi connectivity index (χ1) is 14.4. The third-order valence-corrected chi connectivity index (χ3v) is 4.86. The Labute approximate surface area is 178 Å². The molecule has 1 N–H and O–H groups in total. The van der Waals surface area contributed by atoms with Gasteiger partial charge in [-0.3, -0.25) is 4.79 Å². The maximum absolute atomic E-state index is 13.4. The summed E-state index contributed by atoms with van der Waals surface area (Å²) in [7, 11) is 0. The van der Waals surface area contributed by atoms with Crippen molar-refractivity contribution >= 4 is 23.2 Å². The molecule has 0 aliphatic heterocycles. The summed E-state index contributed by atoms with van der Waals surface area (Å²) in [5.74, 6) is -0.350. The molecule has 4 aromatic rings. The molecule has 0 unspecified atom stereocenters. The van der Waals surface area contributed by atoms with Gasteiger partial charge in [-0.1, -0.05) is 23.7 Å². The Morgan fingerprint density at radius 3 is 2.40 bits per heavy atom. The van der Waals surface area contributed by atoms with Gasteiger partial charge in [0.05, 0.1) is 5.69 Å². The molecule has 1 aromatic heterocycles. The van der Waals surface area contributed by atoms with Gasteiger partial charge < -0.3 is 5.32 Å². The van der Waals surface area contributed by atoms with Gasteiger partial charge in [0.25, 0.3) is 5.91 Å². The Morgan fingerprint density at radius 2 is 1.70 bits per heavy atom. The Kier molecular flexibility index (Phi) is 5.33. The molecule has 150 valence electrons. The number of aryl methyl sites for hydroxylation is 2. The molecule has 4 rings (SSSR count). The van der Waals surface area contributed by atoms with Gasteiger partial charge in [0.1, 0.15) is 5.82 Å². The van der Waals surface area contributed by atoms with Crippen LogP contribution in [0.15, 0.2) is 66.7 Å². The van der Waals surface area contributed by atoms with Gasteiger partial charge in [0.15, 0.2) is 5.82 Å². The van der Waals surface area contributed by atoms with Gasteiger partial charge in [-0.15, -0.1) is 5.10 Å². The van der Waals surface area contributed by atoms with Gasteiger partial charge in [-0.05, 0) is 79.6 Å². The number of benzene rings is 3. The number of nitrogens with one attached hydrogen (secondary N) is 1. The van der Waals surface area contributed by atoms with Crippen LogP contribution >= 0.6 is 11.6 Å². The summed E-state index contributed by atoms with van der Waals surface area (Å²) >= 11 is 5.90. The summed E-state index contributed by atoms with van der Waals surface area (Å²) < 4.78 is 15.0. The molecule has 0 radical (unpaired) electrons. The summed E-state index contributed by atoms with van der Waals surface area (Å²) in [6.45, 7) is 3.93. The van der Waals surface area contributed by atoms with Gasteiger partial charge in [0.2, 0.25) is 5.82 Å². The molecule has 30 heavy (non-hydrogen) atoms. The molecule has 0 atom stereocenters. The van der Waals surface area contributed by atoms with Crippen LogP contribution in [0.3, 0.4) is 0 Å². The van der Waals surface area contributed by atoms with Crippen LogP contribution in [0.1, 0.15) is 21.7 Å². The van der Waals surface area contributed by atoms with E-state index in [0.29, 0.717) is 22.1 Å². The standard InChI is InChI=1S/C23H18ClFN4O/c1-14-3-4-15(2)20(13-14)29-22(16-5-9-18(25)10-6-16)27-21(28-29)23(30)26-19-11-7-17(24)8-12-19/h3-13H,1-2H3,(H,26,30). The van der Waals surface area contributed by atoms with E-state index in [1.165, 1.54) is 12.1 Å². The molecule has 1 heterocycles. The van der Waals surface area contributed by atoms with E-state index in [1.54, 1.807) is 41.1 Å². The number of aromatic nitrogens is 3. The number of halogens is 2. The van der Waals surface area contributed by atoms with Crippen LogP contribution in [0.25, 0.3) is 17.1 Å². The highest BCUT2D eigenvalue weighted by Crippen LogP contribution is 2.25. The quantitative estimate of drug-likeness (QED) is 0.467. The average Bonchev–Trinajstić information content (AvgIpc) is 3.17. The monoisotopic (exact) mass is 420 g/mol. The minimum atomic E-state index is -0.454. The Balaban J connectivity index is 1.79. The predicted molar refractivity (Wildman–Crippen MR) is 116 cm³/mol. The lowest BCUT2D eigenvalue weighted by Gasteiger charge is -2.10. The van der Waals surface area contributed by atoms with Crippen LogP contribution in [-0.4, -0.2) is 20.7 Å². The molecule has 7 heteroatoms. The lowest BCUT2D eigenvalue weighted by atomic mass is 10.1. The van der Waals surface area contributed by atoms with E-state index < -0.39 is 5.91 Å². The van der Waals surface area contributed by atoms with Crippen molar-refractivity contribution in [1.82, 2.24) is 14.8 Å². The molecule has 0 aliphatic rings. The first-order valence-electron chi connectivity index (χ1n) is 9.28. The Bertz CT molecular complexity index is 1220. The highest BCUT2D eigenvalue weighted by atomic mass is 35.5. The predicted octanol–water partition coefficient (Wildman–Crippen LogP) is 5.60. The number of carbonyl (C=O) groups is 1. The molecular formula is C23H18ClFN4O. The fourth-order valence-corrected chi connectivity index (χ4v) is 3.16. The first-order valence-corrected chi connectivity index (χ1v) is 9.66. The second-order valence-electron chi connectivity index (χ2n) is 6.93. The lowest BCUT2D eigenvalue weighted by molar-refractivity contribution is 0.101. The van der Waals surface area contributed by atoms with Crippen LogP contribution in [0, 0.1) is 19.7 Å². The summed E-state index contributed by atoms with van der Waals surface area (Å²) in [4.78, 5) is 17.3. The van der Waals surface area contributed by atoms with Gasteiger partial charge >= 0.3 is 0 Å². The van der Waals surface area contributed by atoms with Crippen LogP contribution in [0.2, 0.25) is 5.02 Å². The van der Waals surface area contributed by atoms with Crippen molar-refractivity contribution in [1.29, 1.82) is 0 Å². The normalized spacial score (nSPS) is 10.8. The lowest BCUT2D eigenvalue weighted by Crippen LogP contribution is -2.14. The average molecular weight is 421 g/mol. The summed E-state index contributed by atoms with van der Waals surface area (Å²) in [5, 5.41) is 7.81. The van der Waals surface area contributed by atoms with Crippen LogP contribution in [-0.2, 0) is 0 Å². The maximum Gasteiger partial charge on any atom is 0.295 e. The van der Waals surface area contributed by atoms with Crippen LogP contribution < -0.4 is 5.32 Å². The van der Waals surface area contributed by atoms with E-state index in [2.05, 4.69) is 15.4 Å². The molecule has 0 saturated carbocycles. The van der Waals surface area contributed by atoms with Crippen molar-refractivity contribution in [2.45, 2.75) is 13.8 Å². The SMILES string of the molecule is Cc1ccc(C)c(-n2nc(C(=O)Nc3ccc(Cl)cc3)nc2-c2ccc(F)cc2)c1. The van der Waals surface area contributed by atoms with E-state index in [0.717, 1.165) is 16.8 Å². The van der Waals surface area contributed by atoms with E-state index in [4.69, 9.17) is 11.6 Å². The smallest absolute Gasteiger partial charge is 0.295 e. The number of carbonyl (C=O) groups excluding carboxylic acids is 1. The largest absolute Gasteiger partial charge is 0.319 e. The summed E-state index contributed by atoms with van der Waals surface area (Å²) in [6, 6.07) is 18.6. The molecule has 0 fully saturated rings. The summed E-state index contributed by atoms with van der Waals surface area (Å²) in [5.41, 5.74) is 4.04. The van der Waals surface area contributed by atoms with Crippen LogP contribution in [0.5, 0.6) is 0 Å². The fourth-order valence-electron chi connectivity index (χ4n) is 3.03. The molecule has 0 bridgehead atoms. The molecule has 5 nitrogen and oxygen atoms in total. The van der Waals surface area contributed by atoms with Crippen molar-refractivity contribution in [3.05, 3.63) is 94.5 Å². The van der Waals surface area contributed by atoms with E-state index >= 15 is 0 Å². The highest BCUT2D eigenvalue weighted by molar-refractivity contribution is 6.30. The second kappa shape index (κ2) is 8.08. The molecule has 0 aliphatic carbocycles. The Hall–Kier alpha value is -3.51. The number of hydrogen-bond donors (Lipinski definition) is 1. The first kappa shape index (κ1) is 19.8. The number of hydrogen-bond acceptors (Lipinski definition) is 3. The third kappa shape index (κ3) is 4.09.